The Morgan fingerprint density at radius 3 is 2.45 bits per heavy atom. The number of hydrogen-bond donors (Lipinski definition) is 1. The second-order valence-electron chi connectivity index (χ2n) is 6.10. The van der Waals surface area contributed by atoms with Gasteiger partial charge in [0.2, 0.25) is 0 Å². The number of aromatic nitrogens is 2. The number of rotatable bonds is 1. The average molecular weight is 269 g/mol. The van der Waals surface area contributed by atoms with Gasteiger partial charge in [0.1, 0.15) is 6.07 Å². The summed E-state index contributed by atoms with van der Waals surface area (Å²) < 4.78 is 12.0. The predicted octanol–water partition coefficient (Wildman–Crippen LogP) is 1.73. The molecule has 1 aromatic heterocycles. The number of fused-ring (bicyclic) bond motifs is 1. The number of aromatic amines is 1. The molecule has 0 spiro atoms. The van der Waals surface area contributed by atoms with E-state index in [0.29, 0.717) is 5.56 Å². The highest BCUT2D eigenvalue weighted by Crippen LogP contribution is 2.36. The first-order valence-electron chi connectivity index (χ1n) is 6.57. The van der Waals surface area contributed by atoms with Gasteiger partial charge in [-0.15, -0.1) is 0 Å². The summed E-state index contributed by atoms with van der Waals surface area (Å²) in [4.78, 5) is 0. The van der Waals surface area contributed by atoms with Crippen LogP contribution in [-0.4, -0.2) is 28.5 Å². The van der Waals surface area contributed by atoms with Gasteiger partial charge in [-0.25, -0.2) is 0 Å². The van der Waals surface area contributed by atoms with Crippen molar-refractivity contribution < 1.29 is 9.31 Å². The Morgan fingerprint density at radius 1 is 1.20 bits per heavy atom. The van der Waals surface area contributed by atoms with E-state index in [2.05, 4.69) is 16.3 Å². The topological polar surface area (TPSA) is 70.9 Å². The van der Waals surface area contributed by atoms with Crippen LogP contribution in [0.5, 0.6) is 0 Å². The van der Waals surface area contributed by atoms with Crippen LogP contribution in [0.3, 0.4) is 0 Å². The van der Waals surface area contributed by atoms with Crippen molar-refractivity contribution in [3.05, 3.63) is 23.9 Å². The maximum absolute atomic E-state index is 9.25. The lowest BCUT2D eigenvalue weighted by Crippen LogP contribution is -2.41. The van der Waals surface area contributed by atoms with Gasteiger partial charge >= 0.3 is 7.12 Å². The minimum absolute atomic E-state index is 0.393. The van der Waals surface area contributed by atoms with E-state index in [1.807, 2.05) is 33.8 Å². The summed E-state index contributed by atoms with van der Waals surface area (Å²) in [6.07, 6.45) is 1.70. The summed E-state index contributed by atoms with van der Waals surface area (Å²) in [6.45, 7) is 8.03. The molecule has 0 bridgehead atoms. The Kier molecular flexibility index (Phi) is 2.68. The van der Waals surface area contributed by atoms with Gasteiger partial charge in [-0.1, -0.05) is 6.07 Å². The molecule has 2 heterocycles. The third-order valence-corrected chi connectivity index (χ3v) is 4.22. The van der Waals surface area contributed by atoms with Gasteiger partial charge < -0.3 is 9.31 Å². The van der Waals surface area contributed by atoms with E-state index < -0.39 is 18.3 Å². The van der Waals surface area contributed by atoms with Gasteiger partial charge in [-0.3, -0.25) is 5.10 Å². The monoisotopic (exact) mass is 269 g/mol. The molecule has 20 heavy (non-hydrogen) atoms. The highest BCUT2D eigenvalue weighted by molar-refractivity contribution is 6.62. The van der Waals surface area contributed by atoms with Crippen LogP contribution in [0.1, 0.15) is 33.3 Å². The maximum Gasteiger partial charge on any atom is 0.494 e. The first kappa shape index (κ1) is 13.2. The van der Waals surface area contributed by atoms with E-state index in [1.54, 1.807) is 12.3 Å². The molecule has 2 aromatic rings. The highest BCUT2D eigenvalue weighted by Gasteiger charge is 2.51. The van der Waals surface area contributed by atoms with Gasteiger partial charge in [0.05, 0.1) is 28.5 Å². The molecule has 0 aliphatic carbocycles. The molecule has 1 saturated heterocycles. The molecule has 1 N–H and O–H groups in total. The van der Waals surface area contributed by atoms with E-state index >= 15 is 0 Å². The van der Waals surface area contributed by atoms with Crippen molar-refractivity contribution in [2.24, 2.45) is 0 Å². The van der Waals surface area contributed by atoms with Gasteiger partial charge in [-0.2, -0.15) is 10.4 Å². The molecule has 5 nitrogen and oxygen atoms in total. The molecule has 1 aromatic carbocycles. The minimum atomic E-state index is -0.466. The normalized spacial score (nSPS) is 20.2. The number of nitrogens with one attached hydrogen (secondary N) is 1. The molecule has 0 atom stereocenters. The molecule has 0 saturated carbocycles. The Bertz CT molecular complexity index is 699. The zero-order valence-corrected chi connectivity index (χ0v) is 12.0. The zero-order valence-electron chi connectivity index (χ0n) is 12.0. The van der Waals surface area contributed by atoms with E-state index in [4.69, 9.17) is 9.31 Å². The van der Waals surface area contributed by atoms with Gasteiger partial charge in [0.25, 0.3) is 0 Å². The summed E-state index contributed by atoms with van der Waals surface area (Å²) in [5.74, 6) is 0. The van der Waals surface area contributed by atoms with E-state index in [1.165, 1.54) is 0 Å². The van der Waals surface area contributed by atoms with E-state index in [-0.39, 0.29) is 0 Å². The van der Waals surface area contributed by atoms with Crippen molar-refractivity contribution in [1.82, 2.24) is 10.2 Å². The fourth-order valence-electron chi connectivity index (χ4n) is 2.28. The lowest BCUT2D eigenvalue weighted by atomic mass is 9.78. The van der Waals surface area contributed by atoms with Crippen molar-refractivity contribution in [3.8, 4) is 6.07 Å². The van der Waals surface area contributed by atoms with Crippen LogP contribution in [0.4, 0.5) is 0 Å². The van der Waals surface area contributed by atoms with Gasteiger partial charge in [0, 0.05) is 5.39 Å². The third kappa shape index (κ3) is 1.82. The van der Waals surface area contributed by atoms with Crippen LogP contribution in [0.25, 0.3) is 10.9 Å². The number of hydrogen-bond acceptors (Lipinski definition) is 4. The number of nitrogens with zero attached hydrogens (tertiary/aromatic N) is 2. The summed E-state index contributed by atoms with van der Waals surface area (Å²) in [6, 6.07) is 5.92. The number of H-pyrrole nitrogens is 1. The van der Waals surface area contributed by atoms with Gasteiger partial charge in [-0.05, 0) is 39.2 Å². The molecular weight excluding hydrogens is 253 g/mol. The second-order valence-corrected chi connectivity index (χ2v) is 6.10. The predicted molar refractivity (Wildman–Crippen MR) is 76.5 cm³/mol. The average Bonchev–Trinajstić information content (AvgIpc) is 2.91. The van der Waals surface area contributed by atoms with Crippen LogP contribution in [0.15, 0.2) is 18.3 Å². The molecule has 0 unspecified atom stereocenters. The number of nitriles is 1. The van der Waals surface area contributed by atoms with Crippen molar-refractivity contribution in [3.63, 3.8) is 0 Å². The molecule has 6 heteroatoms. The Labute approximate surface area is 118 Å². The standard InChI is InChI=1S/C14H16BN3O2/c1-13(2)14(3,4)20-15(19-13)11-5-9(7-16)12-10(6-11)8-17-18-12/h5-6,8H,1-4H3,(H,17,18). The summed E-state index contributed by atoms with van der Waals surface area (Å²) >= 11 is 0. The second kappa shape index (κ2) is 4.08. The molecule has 1 aliphatic heterocycles. The van der Waals surface area contributed by atoms with E-state index in [9.17, 15) is 5.26 Å². The molecule has 1 fully saturated rings. The zero-order chi connectivity index (χ0) is 14.5. The molecule has 0 radical (unpaired) electrons. The summed E-state index contributed by atoms with van der Waals surface area (Å²) in [5, 5.41) is 16.9. The first-order chi connectivity index (χ1) is 9.34. The molecule has 1 aliphatic rings. The first-order valence-corrected chi connectivity index (χ1v) is 6.57. The van der Waals surface area contributed by atoms with Crippen LogP contribution in [0.2, 0.25) is 0 Å². The van der Waals surface area contributed by atoms with Crippen molar-refractivity contribution in [2.75, 3.05) is 0 Å². The fourth-order valence-corrected chi connectivity index (χ4v) is 2.28. The van der Waals surface area contributed by atoms with Gasteiger partial charge in [0.15, 0.2) is 0 Å². The van der Waals surface area contributed by atoms with Crippen LogP contribution >= 0.6 is 0 Å². The fraction of sp³-hybridized carbons (Fsp3) is 0.429. The smallest absolute Gasteiger partial charge is 0.399 e. The van der Waals surface area contributed by atoms with Crippen LogP contribution in [0, 0.1) is 11.3 Å². The lowest BCUT2D eigenvalue weighted by molar-refractivity contribution is 0.00578. The Hall–Kier alpha value is -1.84. The SMILES string of the molecule is CC1(C)OB(c2cc(C#N)c3[nH]ncc3c2)OC1(C)C. The lowest BCUT2D eigenvalue weighted by Gasteiger charge is -2.32. The largest absolute Gasteiger partial charge is 0.494 e. The summed E-state index contributed by atoms with van der Waals surface area (Å²) in [7, 11) is -0.466. The molecule has 3 rings (SSSR count). The van der Waals surface area contributed by atoms with Crippen molar-refractivity contribution >= 4 is 23.5 Å². The van der Waals surface area contributed by atoms with Crippen LogP contribution < -0.4 is 5.46 Å². The van der Waals surface area contributed by atoms with Crippen molar-refractivity contribution in [1.29, 1.82) is 5.26 Å². The minimum Gasteiger partial charge on any atom is -0.399 e. The quantitative estimate of drug-likeness (QED) is 0.800. The van der Waals surface area contributed by atoms with Crippen LogP contribution in [-0.2, 0) is 9.31 Å². The molecule has 0 amide bonds. The van der Waals surface area contributed by atoms with Crippen molar-refractivity contribution in [2.45, 2.75) is 38.9 Å². The highest BCUT2D eigenvalue weighted by atomic mass is 16.7. The molecule has 102 valence electrons. The van der Waals surface area contributed by atoms with E-state index in [0.717, 1.165) is 16.4 Å². The summed E-state index contributed by atoms with van der Waals surface area (Å²) in [5.41, 5.74) is 1.35. The molecular formula is C14H16BN3O2. The Morgan fingerprint density at radius 2 is 1.85 bits per heavy atom. The Balaban J connectivity index is 2.06. The number of benzene rings is 1. The third-order valence-electron chi connectivity index (χ3n) is 4.22. The maximum atomic E-state index is 9.25.